The van der Waals surface area contributed by atoms with Crippen molar-refractivity contribution < 1.29 is 37.8 Å². The molecule has 3 aromatic heterocycles. The molecule has 1 amide bonds. The lowest BCUT2D eigenvalue weighted by molar-refractivity contribution is -0.315. The third kappa shape index (κ3) is 9.68. The molecule has 12 nitrogen and oxygen atoms in total. The first-order valence-electron chi connectivity index (χ1n) is 13.8. The Bertz CT molecular complexity index is 1880. The second kappa shape index (κ2) is 14.8. The number of benzene rings is 2. The molecule has 2 aromatic carbocycles. The van der Waals surface area contributed by atoms with E-state index in [1.54, 1.807) is 62.0 Å². The molecule has 15 heteroatoms. The molecule has 5 rings (SSSR count). The minimum absolute atomic E-state index is 0.00114. The monoisotopic (exact) mass is 645 g/mol. The second-order valence-corrected chi connectivity index (χ2v) is 10.0. The first-order valence-corrected chi connectivity index (χ1v) is 13.8. The van der Waals surface area contributed by atoms with Crippen LogP contribution in [-0.2, 0) is 15.8 Å². The lowest BCUT2D eigenvalue weighted by Gasteiger charge is -2.14. The Hall–Kier alpha value is -6.12. The summed E-state index contributed by atoms with van der Waals surface area (Å²) in [4.78, 5) is 49.1. The van der Waals surface area contributed by atoms with Crippen LogP contribution in [-0.4, -0.2) is 42.3 Å². The normalized spacial score (nSPS) is 10.8. The average Bonchev–Trinajstić information content (AvgIpc) is 3.47. The van der Waals surface area contributed by atoms with Crippen molar-refractivity contribution in [3.05, 3.63) is 108 Å². The lowest BCUT2D eigenvalue weighted by atomic mass is 10.1. The number of aryl methyl sites for hydroxylation is 2. The SMILES string of the molecule is Cc1cn(-c2cc(NC(=O)c3ccc(C)c(Nc4nccc(-c5cccnc5)n4)c3)cc(C(F)(F)F)c2)cn1.O=C([O-])CCC(=O)[O-]. The lowest BCUT2D eigenvalue weighted by Crippen LogP contribution is -2.27. The number of hydrogen-bond donors (Lipinski definition) is 2. The van der Waals surface area contributed by atoms with Gasteiger partial charge in [-0.15, -0.1) is 0 Å². The average molecular weight is 646 g/mol. The van der Waals surface area contributed by atoms with Crippen LogP contribution in [0.4, 0.5) is 30.5 Å². The molecule has 0 aliphatic heterocycles. The third-order valence-electron chi connectivity index (χ3n) is 6.41. The molecule has 0 saturated carbocycles. The molecule has 0 aliphatic carbocycles. The number of amides is 1. The van der Waals surface area contributed by atoms with Gasteiger partial charge in [-0.2, -0.15) is 13.2 Å². The Kier molecular flexibility index (Phi) is 10.6. The van der Waals surface area contributed by atoms with Gasteiger partial charge in [-0.1, -0.05) is 6.07 Å². The van der Waals surface area contributed by atoms with Gasteiger partial charge in [0, 0.05) is 64.9 Å². The predicted octanol–water partition coefficient (Wildman–Crippen LogP) is 3.62. The van der Waals surface area contributed by atoms with E-state index in [0.717, 1.165) is 23.3 Å². The molecule has 47 heavy (non-hydrogen) atoms. The zero-order valence-electron chi connectivity index (χ0n) is 24.9. The number of pyridine rings is 1. The molecule has 242 valence electrons. The van der Waals surface area contributed by atoms with Crippen molar-refractivity contribution in [2.45, 2.75) is 32.9 Å². The van der Waals surface area contributed by atoms with E-state index in [2.05, 4.69) is 30.6 Å². The molecule has 0 unspecified atom stereocenters. The van der Waals surface area contributed by atoms with Crippen LogP contribution >= 0.6 is 0 Å². The number of hydrogen-bond acceptors (Lipinski definition) is 10. The van der Waals surface area contributed by atoms with Crippen molar-refractivity contribution in [3.8, 4) is 16.9 Å². The Labute approximate surface area is 266 Å². The summed E-state index contributed by atoms with van der Waals surface area (Å²) in [7, 11) is 0. The van der Waals surface area contributed by atoms with Gasteiger partial charge in [-0.3, -0.25) is 9.78 Å². The van der Waals surface area contributed by atoms with Crippen molar-refractivity contribution in [1.29, 1.82) is 0 Å². The molecule has 0 saturated heterocycles. The highest BCUT2D eigenvalue weighted by Gasteiger charge is 2.31. The van der Waals surface area contributed by atoms with Gasteiger partial charge >= 0.3 is 6.18 Å². The van der Waals surface area contributed by atoms with Crippen LogP contribution in [0, 0.1) is 13.8 Å². The highest BCUT2D eigenvalue weighted by Crippen LogP contribution is 2.33. The molecule has 2 N–H and O–H groups in total. The molecule has 0 aliphatic rings. The van der Waals surface area contributed by atoms with Gasteiger partial charge in [0.05, 0.1) is 23.3 Å². The number of carbonyl (C=O) groups excluding carboxylic acids is 3. The molecule has 0 bridgehead atoms. The van der Waals surface area contributed by atoms with Gasteiger partial charge < -0.3 is 35.0 Å². The van der Waals surface area contributed by atoms with Crippen LogP contribution in [0.5, 0.6) is 0 Å². The van der Waals surface area contributed by atoms with E-state index in [1.807, 2.05) is 13.0 Å². The fourth-order valence-corrected chi connectivity index (χ4v) is 4.08. The third-order valence-corrected chi connectivity index (χ3v) is 6.41. The van der Waals surface area contributed by atoms with Crippen molar-refractivity contribution in [3.63, 3.8) is 0 Å². The van der Waals surface area contributed by atoms with Gasteiger partial charge in [0.2, 0.25) is 5.95 Å². The minimum Gasteiger partial charge on any atom is -0.550 e. The summed E-state index contributed by atoms with van der Waals surface area (Å²) in [5, 5.41) is 24.7. The topological polar surface area (TPSA) is 178 Å². The van der Waals surface area contributed by atoms with Crippen molar-refractivity contribution >= 4 is 35.2 Å². The van der Waals surface area contributed by atoms with Crippen LogP contribution in [0.1, 0.15) is 40.0 Å². The minimum atomic E-state index is -4.60. The van der Waals surface area contributed by atoms with Gasteiger partial charge in [0.1, 0.15) is 0 Å². The summed E-state index contributed by atoms with van der Waals surface area (Å²) in [6.45, 7) is 3.58. The zero-order chi connectivity index (χ0) is 34.1. The van der Waals surface area contributed by atoms with Crippen LogP contribution in [0.2, 0.25) is 0 Å². The Morgan fingerprint density at radius 2 is 1.66 bits per heavy atom. The molecule has 0 radical (unpaired) electrons. The maximum atomic E-state index is 13.6. The number of aliphatic carboxylic acids is 2. The molecular formula is C32H26F3N7O5-2. The number of aromatic nitrogens is 5. The molecule has 0 spiro atoms. The number of rotatable bonds is 9. The highest BCUT2D eigenvalue weighted by atomic mass is 19.4. The number of carboxylic acid groups (broad SMARTS) is 2. The van der Waals surface area contributed by atoms with Crippen molar-refractivity contribution in [1.82, 2.24) is 24.5 Å². The van der Waals surface area contributed by atoms with E-state index >= 15 is 0 Å². The summed E-state index contributed by atoms with van der Waals surface area (Å²) in [5.41, 5.74) is 3.09. The maximum absolute atomic E-state index is 13.6. The Balaban J connectivity index is 0.000000555. The summed E-state index contributed by atoms with van der Waals surface area (Å²) in [6.07, 6.45) is 2.44. The number of carboxylic acids is 2. The van der Waals surface area contributed by atoms with E-state index in [-0.39, 0.29) is 16.9 Å². The number of anilines is 3. The molecule has 0 atom stereocenters. The smallest absolute Gasteiger partial charge is 0.416 e. The Morgan fingerprint density at radius 1 is 0.915 bits per heavy atom. The summed E-state index contributed by atoms with van der Waals surface area (Å²) in [5.74, 6) is -2.99. The number of halogens is 3. The predicted molar refractivity (Wildman–Crippen MR) is 160 cm³/mol. The first kappa shape index (κ1) is 33.8. The van der Waals surface area contributed by atoms with E-state index in [4.69, 9.17) is 0 Å². The quantitative estimate of drug-likeness (QED) is 0.241. The maximum Gasteiger partial charge on any atom is 0.416 e. The summed E-state index contributed by atoms with van der Waals surface area (Å²) < 4.78 is 42.3. The van der Waals surface area contributed by atoms with Crippen LogP contribution in [0.15, 0.2) is 85.7 Å². The number of alkyl halides is 3. The van der Waals surface area contributed by atoms with Gasteiger partial charge in [0.25, 0.3) is 5.91 Å². The van der Waals surface area contributed by atoms with E-state index in [9.17, 15) is 37.8 Å². The largest absolute Gasteiger partial charge is 0.550 e. The first-order chi connectivity index (χ1) is 22.3. The van der Waals surface area contributed by atoms with Crippen LogP contribution in [0.3, 0.4) is 0 Å². The van der Waals surface area contributed by atoms with Crippen molar-refractivity contribution in [2.75, 3.05) is 10.6 Å². The molecule has 0 fully saturated rings. The van der Waals surface area contributed by atoms with E-state index in [0.29, 0.717) is 23.0 Å². The fourth-order valence-electron chi connectivity index (χ4n) is 4.08. The van der Waals surface area contributed by atoms with E-state index < -0.39 is 42.4 Å². The molecule has 3 heterocycles. The number of nitrogens with zero attached hydrogens (tertiary/aromatic N) is 5. The van der Waals surface area contributed by atoms with Gasteiger partial charge in [-0.05, 0) is 80.8 Å². The zero-order valence-corrected chi connectivity index (χ0v) is 24.9. The second-order valence-electron chi connectivity index (χ2n) is 10.0. The van der Waals surface area contributed by atoms with Gasteiger partial charge in [-0.25, -0.2) is 15.0 Å². The molecular weight excluding hydrogens is 619 g/mol. The van der Waals surface area contributed by atoms with Gasteiger partial charge in [0.15, 0.2) is 0 Å². The van der Waals surface area contributed by atoms with E-state index in [1.165, 1.54) is 17.0 Å². The standard InChI is InChI=1S/C28H22F3N7O.C4H6O4/c1-17-5-6-19(10-25(17)37-27-33-9-7-24(36-27)20-4-3-8-32-14-20)26(39)35-22-11-21(28(29,30)31)12-23(13-22)38-15-18(2)34-16-38;5-3(6)1-2-4(7)8/h3-16H,1-2H3,(H,35,39)(H,33,36,37);1-2H2,(H,5,6)(H,7,8)/p-2. The number of carbonyl (C=O) groups is 3. The van der Waals surface area contributed by atoms with Crippen molar-refractivity contribution in [2.24, 2.45) is 0 Å². The number of imidazole rings is 1. The molecule has 5 aromatic rings. The fraction of sp³-hybridized carbons (Fsp3) is 0.156. The van der Waals surface area contributed by atoms with Crippen LogP contribution < -0.4 is 20.8 Å². The summed E-state index contributed by atoms with van der Waals surface area (Å²) >= 11 is 0. The highest BCUT2D eigenvalue weighted by molar-refractivity contribution is 6.05. The number of nitrogens with one attached hydrogen (secondary N) is 2. The Morgan fingerprint density at radius 3 is 2.28 bits per heavy atom. The summed E-state index contributed by atoms with van der Waals surface area (Å²) in [6, 6.07) is 13.7. The van der Waals surface area contributed by atoms with Crippen LogP contribution in [0.25, 0.3) is 16.9 Å².